The Hall–Kier alpha value is -2.93. The summed E-state index contributed by atoms with van der Waals surface area (Å²) < 4.78 is 1.76. The topological polar surface area (TPSA) is 70.0 Å². The summed E-state index contributed by atoms with van der Waals surface area (Å²) >= 11 is 0. The zero-order chi connectivity index (χ0) is 18.8. The fraction of sp³-hybridized carbons (Fsp3) is 0.350. The molecule has 3 heterocycles. The average molecular weight is 364 g/mol. The van der Waals surface area contributed by atoms with E-state index in [4.69, 9.17) is 0 Å². The molecule has 3 aromatic rings. The molecule has 1 unspecified atom stereocenters. The van der Waals surface area contributed by atoms with Gasteiger partial charge in [0.25, 0.3) is 0 Å². The molecule has 0 saturated carbocycles. The average Bonchev–Trinajstić information content (AvgIpc) is 3.31. The maximum absolute atomic E-state index is 13.0. The fourth-order valence-electron chi connectivity index (χ4n) is 3.54. The lowest BCUT2D eigenvalue weighted by molar-refractivity contribution is -0.135. The Balaban J connectivity index is 1.56. The smallest absolute Gasteiger partial charge is 0.227 e. The zero-order valence-corrected chi connectivity index (χ0v) is 15.7. The van der Waals surface area contributed by atoms with Crippen molar-refractivity contribution in [3.8, 4) is 11.3 Å². The van der Waals surface area contributed by atoms with Gasteiger partial charge in [0, 0.05) is 38.4 Å². The predicted octanol–water partition coefficient (Wildman–Crippen LogP) is 1.87. The monoisotopic (exact) mass is 364 g/mol. The number of nitrogens with one attached hydrogen (secondary N) is 1. The molecule has 4 rings (SSSR count). The van der Waals surface area contributed by atoms with Crippen LogP contribution in [0.5, 0.6) is 0 Å². The number of H-pyrrole nitrogens is 1. The number of likely N-dealkylation sites (N-methyl/N-ethyl adjacent to an activating group) is 1. The van der Waals surface area contributed by atoms with Crippen molar-refractivity contribution < 1.29 is 4.79 Å². The van der Waals surface area contributed by atoms with Crippen molar-refractivity contribution >= 4 is 5.91 Å². The van der Waals surface area contributed by atoms with E-state index < -0.39 is 0 Å². The lowest BCUT2D eigenvalue weighted by Crippen LogP contribution is -2.50. The molecule has 1 saturated heterocycles. The van der Waals surface area contributed by atoms with Crippen LogP contribution in [0.3, 0.4) is 0 Å². The van der Waals surface area contributed by atoms with Gasteiger partial charge >= 0.3 is 0 Å². The number of aromatic nitrogens is 4. The van der Waals surface area contributed by atoms with E-state index >= 15 is 0 Å². The number of imidazole rings is 1. The van der Waals surface area contributed by atoms with Gasteiger partial charge in [-0.25, -0.2) is 4.98 Å². The number of benzene rings is 1. The third-order valence-corrected chi connectivity index (χ3v) is 5.03. The van der Waals surface area contributed by atoms with Gasteiger partial charge < -0.3 is 14.8 Å². The van der Waals surface area contributed by atoms with Crippen molar-refractivity contribution in [2.24, 2.45) is 7.05 Å². The summed E-state index contributed by atoms with van der Waals surface area (Å²) in [4.78, 5) is 25.2. The summed E-state index contributed by atoms with van der Waals surface area (Å²) in [5.74, 6) is 0.959. The Morgan fingerprint density at radius 3 is 2.74 bits per heavy atom. The number of amides is 1. The molecule has 0 aliphatic carbocycles. The number of carbonyl (C=O) groups is 1. The third kappa shape index (κ3) is 3.78. The van der Waals surface area contributed by atoms with Crippen LogP contribution in [-0.4, -0.2) is 62.1 Å². The molecule has 1 amide bonds. The van der Waals surface area contributed by atoms with Crippen molar-refractivity contribution in [1.29, 1.82) is 0 Å². The highest BCUT2D eigenvalue weighted by Gasteiger charge is 2.32. The van der Waals surface area contributed by atoms with Crippen molar-refractivity contribution in [2.45, 2.75) is 12.5 Å². The van der Waals surface area contributed by atoms with E-state index in [9.17, 15) is 4.79 Å². The summed E-state index contributed by atoms with van der Waals surface area (Å²) in [5.41, 5.74) is 2.94. The predicted molar refractivity (Wildman–Crippen MR) is 103 cm³/mol. The first-order valence-electron chi connectivity index (χ1n) is 9.16. The summed E-state index contributed by atoms with van der Waals surface area (Å²) in [6.45, 7) is 2.34. The molecule has 1 aliphatic rings. The van der Waals surface area contributed by atoms with Crippen molar-refractivity contribution in [1.82, 2.24) is 29.5 Å². The van der Waals surface area contributed by atoms with Gasteiger partial charge in [0.2, 0.25) is 5.91 Å². The molecule has 1 fully saturated rings. The molecule has 0 spiro atoms. The number of aryl methyl sites for hydroxylation is 1. The molecule has 1 aromatic carbocycles. The number of carbonyl (C=O) groups excluding carboxylic acids is 1. The van der Waals surface area contributed by atoms with Crippen LogP contribution >= 0.6 is 0 Å². The van der Waals surface area contributed by atoms with E-state index in [0.717, 1.165) is 35.7 Å². The lowest BCUT2D eigenvalue weighted by atomic mass is 10.1. The van der Waals surface area contributed by atoms with Gasteiger partial charge in [0.1, 0.15) is 11.9 Å². The van der Waals surface area contributed by atoms with Gasteiger partial charge in [-0.1, -0.05) is 30.3 Å². The first kappa shape index (κ1) is 17.5. The highest BCUT2D eigenvalue weighted by Crippen LogP contribution is 2.26. The molecule has 0 bridgehead atoms. The van der Waals surface area contributed by atoms with Crippen LogP contribution in [0.2, 0.25) is 0 Å². The first-order chi connectivity index (χ1) is 13.1. The number of rotatable bonds is 4. The zero-order valence-electron chi connectivity index (χ0n) is 15.7. The van der Waals surface area contributed by atoms with Crippen LogP contribution in [0.15, 0.2) is 48.9 Å². The minimum absolute atomic E-state index is 0.0783. The second-order valence-corrected chi connectivity index (χ2v) is 7.11. The molecule has 27 heavy (non-hydrogen) atoms. The SMILES string of the molecule is CN1CCN(C(=O)Cc2ccccc2)C(c2ncc(-c3cnn(C)c3)[nH]2)C1. The second-order valence-electron chi connectivity index (χ2n) is 7.11. The molecule has 7 heteroatoms. The fourth-order valence-corrected chi connectivity index (χ4v) is 3.54. The van der Waals surface area contributed by atoms with Crippen LogP contribution in [0.25, 0.3) is 11.3 Å². The lowest BCUT2D eigenvalue weighted by Gasteiger charge is -2.39. The molecule has 7 nitrogen and oxygen atoms in total. The normalized spacial score (nSPS) is 18.0. The summed E-state index contributed by atoms with van der Waals surface area (Å²) in [6, 6.07) is 9.82. The van der Waals surface area contributed by atoms with Crippen molar-refractivity contribution in [3.63, 3.8) is 0 Å². The minimum Gasteiger partial charge on any atom is -0.340 e. The Labute approximate surface area is 158 Å². The third-order valence-electron chi connectivity index (χ3n) is 5.03. The first-order valence-corrected chi connectivity index (χ1v) is 9.16. The quantitative estimate of drug-likeness (QED) is 0.767. The summed E-state index contributed by atoms with van der Waals surface area (Å²) in [7, 11) is 3.97. The van der Waals surface area contributed by atoms with Crippen molar-refractivity contribution in [2.75, 3.05) is 26.7 Å². The molecule has 1 aliphatic heterocycles. The van der Waals surface area contributed by atoms with Gasteiger partial charge in [-0.15, -0.1) is 0 Å². The van der Waals surface area contributed by atoms with Crippen molar-refractivity contribution in [3.05, 3.63) is 60.3 Å². The van der Waals surface area contributed by atoms with Crippen LogP contribution in [0.4, 0.5) is 0 Å². The van der Waals surface area contributed by atoms with E-state index in [1.807, 2.05) is 60.9 Å². The van der Waals surface area contributed by atoms with Gasteiger partial charge in [-0.3, -0.25) is 9.48 Å². The number of hydrogen-bond donors (Lipinski definition) is 1. The highest BCUT2D eigenvalue weighted by atomic mass is 16.2. The number of piperazine rings is 1. The van der Waals surface area contributed by atoms with Crippen LogP contribution < -0.4 is 0 Å². The molecule has 0 radical (unpaired) electrons. The van der Waals surface area contributed by atoms with E-state index in [1.54, 1.807) is 4.68 Å². The van der Waals surface area contributed by atoms with Gasteiger partial charge in [-0.05, 0) is 12.6 Å². The molecule has 1 N–H and O–H groups in total. The Bertz CT molecular complexity index is 915. The molecular weight excluding hydrogens is 340 g/mol. The minimum atomic E-state index is -0.0783. The number of hydrogen-bond acceptors (Lipinski definition) is 4. The second kappa shape index (κ2) is 7.36. The van der Waals surface area contributed by atoms with Crippen LogP contribution in [0.1, 0.15) is 17.4 Å². The van der Waals surface area contributed by atoms with Gasteiger partial charge in [0.15, 0.2) is 0 Å². The summed E-state index contributed by atoms with van der Waals surface area (Å²) in [6.07, 6.45) is 5.99. The molecule has 140 valence electrons. The van der Waals surface area contributed by atoms with E-state index in [1.165, 1.54) is 0 Å². The Kier molecular flexibility index (Phi) is 4.77. The van der Waals surface area contributed by atoms with Gasteiger partial charge in [0.05, 0.1) is 24.5 Å². The Morgan fingerprint density at radius 1 is 1.19 bits per heavy atom. The Morgan fingerprint density at radius 2 is 2.00 bits per heavy atom. The van der Waals surface area contributed by atoms with Crippen LogP contribution in [-0.2, 0) is 18.3 Å². The molecule has 1 atom stereocenters. The van der Waals surface area contributed by atoms with E-state index in [2.05, 4.69) is 27.0 Å². The largest absolute Gasteiger partial charge is 0.340 e. The molecular formula is C20H24N6O. The van der Waals surface area contributed by atoms with E-state index in [-0.39, 0.29) is 11.9 Å². The molecule has 2 aromatic heterocycles. The van der Waals surface area contributed by atoms with Gasteiger partial charge in [-0.2, -0.15) is 5.10 Å². The van der Waals surface area contributed by atoms with E-state index in [0.29, 0.717) is 13.0 Å². The number of aromatic amines is 1. The maximum Gasteiger partial charge on any atom is 0.227 e. The summed E-state index contributed by atoms with van der Waals surface area (Å²) in [5, 5.41) is 4.21. The standard InChI is InChI=1S/C20H24N6O/c1-24-8-9-26(19(27)10-15-6-4-3-5-7-15)18(14-24)20-21-12-17(23-20)16-11-22-25(2)13-16/h3-7,11-13,18H,8-10,14H2,1-2H3,(H,21,23). The number of nitrogens with zero attached hydrogens (tertiary/aromatic N) is 5. The highest BCUT2D eigenvalue weighted by molar-refractivity contribution is 5.79. The maximum atomic E-state index is 13.0. The van der Waals surface area contributed by atoms with Crippen LogP contribution in [0, 0.1) is 0 Å².